The number of halogens is 2. The van der Waals surface area contributed by atoms with E-state index >= 15 is 0 Å². The minimum absolute atomic E-state index is 0.764. The SMILES string of the molecule is Clc1cccc([CH]Cc2cccc(Cl)c2)c1. The van der Waals surface area contributed by atoms with Gasteiger partial charge in [0.15, 0.2) is 0 Å². The zero-order valence-corrected chi connectivity index (χ0v) is 10.2. The fourth-order valence-corrected chi connectivity index (χ4v) is 1.94. The molecule has 16 heavy (non-hydrogen) atoms. The van der Waals surface area contributed by atoms with Crippen LogP contribution in [0.3, 0.4) is 0 Å². The molecule has 0 N–H and O–H groups in total. The Morgan fingerprint density at radius 2 is 1.56 bits per heavy atom. The lowest BCUT2D eigenvalue weighted by Gasteiger charge is -2.02. The Morgan fingerprint density at radius 1 is 0.875 bits per heavy atom. The maximum absolute atomic E-state index is 5.92. The van der Waals surface area contributed by atoms with Crippen LogP contribution in [-0.2, 0) is 6.42 Å². The Balaban J connectivity index is 2.02. The molecule has 2 aromatic rings. The highest BCUT2D eigenvalue weighted by molar-refractivity contribution is 6.30. The van der Waals surface area contributed by atoms with E-state index in [1.54, 1.807) is 0 Å². The van der Waals surface area contributed by atoms with Crippen molar-refractivity contribution in [2.45, 2.75) is 6.42 Å². The summed E-state index contributed by atoms with van der Waals surface area (Å²) in [7, 11) is 0. The van der Waals surface area contributed by atoms with Gasteiger partial charge >= 0.3 is 0 Å². The molecule has 0 atom stereocenters. The standard InChI is InChI=1S/C14H11Cl2/c15-13-5-1-3-11(9-13)7-8-12-4-2-6-14(16)10-12/h1-7,9-10H,8H2. The summed E-state index contributed by atoms with van der Waals surface area (Å²) >= 11 is 11.8. The summed E-state index contributed by atoms with van der Waals surface area (Å²) in [5.74, 6) is 0. The zero-order chi connectivity index (χ0) is 11.4. The number of hydrogen-bond donors (Lipinski definition) is 0. The molecule has 0 heterocycles. The van der Waals surface area contributed by atoms with Crippen molar-refractivity contribution in [3.63, 3.8) is 0 Å². The van der Waals surface area contributed by atoms with Gasteiger partial charge in [-0.3, -0.25) is 0 Å². The summed E-state index contributed by atoms with van der Waals surface area (Å²) in [5.41, 5.74) is 2.33. The molecule has 81 valence electrons. The van der Waals surface area contributed by atoms with Crippen molar-refractivity contribution in [1.82, 2.24) is 0 Å². The van der Waals surface area contributed by atoms with Crippen LogP contribution < -0.4 is 0 Å². The lowest BCUT2D eigenvalue weighted by Crippen LogP contribution is -1.88. The molecular formula is C14H11Cl2. The third-order valence-electron chi connectivity index (χ3n) is 2.31. The van der Waals surface area contributed by atoms with Gasteiger partial charge in [-0.25, -0.2) is 0 Å². The maximum Gasteiger partial charge on any atom is 0.0408 e. The molecule has 2 heteroatoms. The second kappa shape index (κ2) is 5.38. The van der Waals surface area contributed by atoms with Crippen LogP contribution in [0.1, 0.15) is 11.1 Å². The quantitative estimate of drug-likeness (QED) is 0.734. The average Bonchev–Trinajstić information content (AvgIpc) is 2.27. The molecule has 2 rings (SSSR count). The van der Waals surface area contributed by atoms with Gasteiger partial charge in [0.25, 0.3) is 0 Å². The van der Waals surface area contributed by atoms with Gasteiger partial charge in [-0.05, 0) is 48.2 Å². The highest BCUT2D eigenvalue weighted by Gasteiger charge is 1.98. The van der Waals surface area contributed by atoms with Crippen molar-refractivity contribution in [2.24, 2.45) is 0 Å². The molecule has 0 aliphatic heterocycles. The van der Waals surface area contributed by atoms with E-state index in [2.05, 4.69) is 12.5 Å². The summed E-state index contributed by atoms with van der Waals surface area (Å²) in [4.78, 5) is 0. The Labute approximate surface area is 106 Å². The molecule has 0 bridgehead atoms. The minimum Gasteiger partial charge on any atom is -0.0843 e. The number of rotatable bonds is 3. The largest absolute Gasteiger partial charge is 0.0843 e. The van der Waals surface area contributed by atoms with Crippen LogP contribution in [0.15, 0.2) is 48.5 Å². The van der Waals surface area contributed by atoms with Crippen LogP contribution in [0.5, 0.6) is 0 Å². The Kier molecular flexibility index (Phi) is 3.87. The van der Waals surface area contributed by atoms with Crippen LogP contribution >= 0.6 is 23.2 Å². The second-order valence-corrected chi connectivity index (χ2v) is 4.47. The van der Waals surface area contributed by atoms with Gasteiger partial charge in [0.2, 0.25) is 0 Å². The molecule has 0 aromatic heterocycles. The first-order chi connectivity index (χ1) is 7.74. The van der Waals surface area contributed by atoms with Crippen molar-refractivity contribution < 1.29 is 0 Å². The third kappa shape index (κ3) is 3.26. The molecule has 0 saturated heterocycles. The highest BCUT2D eigenvalue weighted by Crippen LogP contribution is 2.16. The minimum atomic E-state index is 0.764. The number of benzene rings is 2. The van der Waals surface area contributed by atoms with E-state index in [1.165, 1.54) is 5.56 Å². The van der Waals surface area contributed by atoms with E-state index in [-0.39, 0.29) is 0 Å². The molecule has 0 aliphatic rings. The fraction of sp³-hybridized carbons (Fsp3) is 0.0714. The summed E-state index contributed by atoms with van der Waals surface area (Å²) in [6.07, 6.45) is 3.00. The van der Waals surface area contributed by atoms with Crippen molar-refractivity contribution in [3.8, 4) is 0 Å². The maximum atomic E-state index is 5.92. The lowest BCUT2D eigenvalue weighted by atomic mass is 10.0. The van der Waals surface area contributed by atoms with Gasteiger partial charge in [0.1, 0.15) is 0 Å². The fourth-order valence-electron chi connectivity index (χ4n) is 1.53. The molecule has 0 saturated carbocycles. The first-order valence-electron chi connectivity index (χ1n) is 5.07. The molecule has 0 amide bonds. The molecule has 0 fully saturated rings. The van der Waals surface area contributed by atoms with Crippen LogP contribution in [0.25, 0.3) is 0 Å². The van der Waals surface area contributed by atoms with E-state index in [0.717, 1.165) is 22.0 Å². The predicted octanol–water partition coefficient (Wildman–Crippen LogP) is 4.79. The van der Waals surface area contributed by atoms with E-state index in [4.69, 9.17) is 23.2 Å². The van der Waals surface area contributed by atoms with Crippen LogP contribution in [0.4, 0.5) is 0 Å². The first kappa shape index (κ1) is 11.5. The zero-order valence-electron chi connectivity index (χ0n) is 8.66. The smallest absolute Gasteiger partial charge is 0.0408 e. The van der Waals surface area contributed by atoms with Gasteiger partial charge in [0.05, 0.1) is 0 Å². The lowest BCUT2D eigenvalue weighted by molar-refractivity contribution is 1.17. The molecule has 0 unspecified atom stereocenters. The normalized spacial score (nSPS) is 10.4. The molecule has 0 spiro atoms. The van der Waals surface area contributed by atoms with Gasteiger partial charge in [-0.2, -0.15) is 0 Å². The third-order valence-corrected chi connectivity index (χ3v) is 2.78. The molecule has 1 radical (unpaired) electrons. The molecule has 0 aliphatic carbocycles. The van der Waals surface area contributed by atoms with Gasteiger partial charge in [0, 0.05) is 10.0 Å². The van der Waals surface area contributed by atoms with Crippen molar-refractivity contribution in [3.05, 3.63) is 76.1 Å². The van der Waals surface area contributed by atoms with Crippen molar-refractivity contribution >= 4 is 23.2 Å². The number of hydrogen-bond acceptors (Lipinski definition) is 0. The summed E-state index contributed by atoms with van der Waals surface area (Å²) in [6, 6.07) is 15.7. The van der Waals surface area contributed by atoms with Crippen LogP contribution in [0, 0.1) is 6.42 Å². The van der Waals surface area contributed by atoms with Crippen molar-refractivity contribution in [1.29, 1.82) is 0 Å². The average molecular weight is 250 g/mol. The van der Waals surface area contributed by atoms with E-state index < -0.39 is 0 Å². The molecule has 0 nitrogen and oxygen atoms in total. The van der Waals surface area contributed by atoms with E-state index in [1.807, 2.05) is 42.5 Å². The predicted molar refractivity (Wildman–Crippen MR) is 70.0 cm³/mol. The Bertz CT molecular complexity index is 432. The summed E-state index contributed by atoms with van der Waals surface area (Å²) in [6.45, 7) is 0. The Hall–Kier alpha value is -0.980. The van der Waals surface area contributed by atoms with E-state index in [9.17, 15) is 0 Å². The van der Waals surface area contributed by atoms with Gasteiger partial charge < -0.3 is 0 Å². The molecule has 2 aromatic carbocycles. The summed E-state index contributed by atoms with van der Waals surface area (Å²) in [5, 5.41) is 1.54. The van der Waals surface area contributed by atoms with Crippen molar-refractivity contribution in [2.75, 3.05) is 0 Å². The van der Waals surface area contributed by atoms with Crippen LogP contribution in [-0.4, -0.2) is 0 Å². The topological polar surface area (TPSA) is 0 Å². The van der Waals surface area contributed by atoms with Crippen LogP contribution in [0.2, 0.25) is 10.0 Å². The monoisotopic (exact) mass is 249 g/mol. The van der Waals surface area contributed by atoms with Gasteiger partial charge in [-0.1, -0.05) is 47.5 Å². The highest BCUT2D eigenvalue weighted by atomic mass is 35.5. The van der Waals surface area contributed by atoms with E-state index in [0.29, 0.717) is 0 Å². The van der Waals surface area contributed by atoms with Gasteiger partial charge in [-0.15, -0.1) is 0 Å². The summed E-state index contributed by atoms with van der Waals surface area (Å²) < 4.78 is 0. The first-order valence-corrected chi connectivity index (χ1v) is 5.83. The second-order valence-electron chi connectivity index (χ2n) is 3.59. The Morgan fingerprint density at radius 3 is 2.25 bits per heavy atom. The molecular weight excluding hydrogens is 239 g/mol.